The largest absolute Gasteiger partial charge is 0.444 e. The van der Waals surface area contributed by atoms with Gasteiger partial charge in [-0.15, -0.1) is 11.3 Å². The maximum Gasteiger partial charge on any atom is 0.410 e. The van der Waals surface area contributed by atoms with E-state index in [1.54, 1.807) is 11.1 Å². The number of anilines is 2. The number of carbonyl (C=O) groups is 1. The molecule has 146 valence electrons. The van der Waals surface area contributed by atoms with Crippen LogP contribution < -0.4 is 5.32 Å². The SMILES string of the molecule is CC(C)(C)OC(=O)N1CCC(O)(Cc2cccc(Nc3nccs3)n2)CC1. The van der Waals surface area contributed by atoms with Gasteiger partial charge >= 0.3 is 6.09 Å². The van der Waals surface area contributed by atoms with E-state index in [1.165, 1.54) is 11.3 Å². The van der Waals surface area contributed by atoms with Crippen molar-refractivity contribution in [1.82, 2.24) is 14.9 Å². The Morgan fingerprint density at radius 3 is 2.74 bits per heavy atom. The van der Waals surface area contributed by atoms with E-state index in [0.29, 0.717) is 38.2 Å². The van der Waals surface area contributed by atoms with Crippen molar-refractivity contribution in [2.24, 2.45) is 0 Å². The molecule has 1 amide bonds. The van der Waals surface area contributed by atoms with E-state index in [-0.39, 0.29) is 6.09 Å². The first kappa shape index (κ1) is 19.6. The molecule has 0 aliphatic carbocycles. The number of piperidine rings is 1. The number of hydrogen-bond donors (Lipinski definition) is 2. The summed E-state index contributed by atoms with van der Waals surface area (Å²) in [5.74, 6) is 0.706. The van der Waals surface area contributed by atoms with Crippen LogP contribution in [-0.4, -0.2) is 50.4 Å². The van der Waals surface area contributed by atoms with Crippen molar-refractivity contribution in [2.45, 2.75) is 51.2 Å². The summed E-state index contributed by atoms with van der Waals surface area (Å²) in [5, 5.41) is 16.8. The third-order valence-corrected chi connectivity index (χ3v) is 5.02. The van der Waals surface area contributed by atoms with Crippen LogP contribution in [0.15, 0.2) is 29.8 Å². The average molecular weight is 391 g/mol. The van der Waals surface area contributed by atoms with Gasteiger partial charge in [0.05, 0.1) is 5.60 Å². The molecule has 0 aromatic carbocycles. The standard InChI is InChI=1S/C19H26N4O3S/c1-18(2,3)26-17(24)23-10-7-19(25,8-11-23)13-14-5-4-6-15(21-14)22-16-20-9-12-27-16/h4-6,9,12,25H,7-8,10-11,13H2,1-3H3,(H,20,21,22). The highest BCUT2D eigenvalue weighted by Gasteiger charge is 2.35. The fraction of sp³-hybridized carbons (Fsp3) is 0.526. The number of thiazole rings is 1. The molecule has 0 bridgehead atoms. The maximum atomic E-state index is 12.2. The predicted molar refractivity (Wildman–Crippen MR) is 105 cm³/mol. The topological polar surface area (TPSA) is 87.6 Å². The van der Waals surface area contributed by atoms with Gasteiger partial charge < -0.3 is 20.1 Å². The van der Waals surface area contributed by atoms with Gasteiger partial charge in [0.2, 0.25) is 0 Å². The summed E-state index contributed by atoms with van der Waals surface area (Å²) >= 11 is 1.50. The first-order valence-corrected chi connectivity index (χ1v) is 9.93. The van der Waals surface area contributed by atoms with E-state index in [2.05, 4.69) is 15.3 Å². The maximum absolute atomic E-state index is 12.2. The zero-order chi connectivity index (χ0) is 19.5. The number of carbonyl (C=O) groups excluding carboxylic acids is 1. The van der Waals surface area contributed by atoms with E-state index >= 15 is 0 Å². The Hall–Kier alpha value is -2.19. The summed E-state index contributed by atoms with van der Waals surface area (Å²) in [6.45, 7) is 6.50. The molecular weight excluding hydrogens is 364 g/mol. The summed E-state index contributed by atoms with van der Waals surface area (Å²) in [7, 11) is 0. The van der Waals surface area contributed by atoms with Crippen LogP contribution in [0, 0.1) is 0 Å². The number of nitrogens with one attached hydrogen (secondary N) is 1. The summed E-state index contributed by atoms with van der Waals surface area (Å²) in [6, 6.07) is 5.70. The van der Waals surface area contributed by atoms with Gasteiger partial charge in [0.25, 0.3) is 0 Å². The second-order valence-corrected chi connectivity index (χ2v) is 8.74. The lowest BCUT2D eigenvalue weighted by molar-refractivity contribution is -0.0319. The normalized spacial score (nSPS) is 16.8. The van der Waals surface area contributed by atoms with Gasteiger partial charge in [-0.05, 0) is 45.7 Å². The lowest BCUT2D eigenvalue weighted by Gasteiger charge is -2.38. The molecule has 2 N–H and O–H groups in total. The van der Waals surface area contributed by atoms with Crippen LogP contribution in [0.25, 0.3) is 0 Å². The van der Waals surface area contributed by atoms with Crippen LogP contribution >= 0.6 is 11.3 Å². The minimum atomic E-state index is -0.870. The molecule has 3 heterocycles. The number of likely N-dealkylation sites (tertiary alicyclic amines) is 1. The smallest absolute Gasteiger partial charge is 0.410 e. The first-order valence-electron chi connectivity index (χ1n) is 9.05. The summed E-state index contributed by atoms with van der Waals surface area (Å²) in [6.07, 6.45) is 2.86. The number of aliphatic hydroxyl groups is 1. The van der Waals surface area contributed by atoms with E-state index in [0.717, 1.165) is 10.8 Å². The van der Waals surface area contributed by atoms with Gasteiger partial charge in [-0.1, -0.05) is 6.07 Å². The molecule has 0 unspecified atom stereocenters. The third-order valence-electron chi connectivity index (χ3n) is 4.33. The van der Waals surface area contributed by atoms with Gasteiger partial charge in [0.1, 0.15) is 11.4 Å². The minimum absolute atomic E-state index is 0.322. The number of rotatable bonds is 4. The minimum Gasteiger partial charge on any atom is -0.444 e. The van der Waals surface area contributed by atoms with E-state index in [1.807, 2.05) is 44.4 Å². The number of amides is 1. The zero-order valence-corrected chi connectivity index (χ0v) is 16.8. The quantitative estimate of drug-likeness (QED) is 0.830. The summed E-state index contributed by atoms with van der Waals surface area (Å²) in [4.78, 5) is 22.6. The Balaban J connectivity index is 1.57. The number of pyridine rings is 1. The molecule has 1 saturated heterocycles. The molecule has 0 spiro atoms. The predicted octanol–water partition coefficient (Wildman–Crippen LogP) is 3.59. The molecule has 1 aliphatic rings. The van der Waals surface area contributed by atoms with E-state index in [9.17, 15) is 9.90 Å². The Morgan fingerprint density at radius 2 is 2.11 bits per heavy atom. The van der Waals surface area contributed by atoms with Crippen LogP contribution in [0.4, 0.5) is 15.7 Å². The van der Waals surface area contributed by atoms with Crippen molar-refractivity contribution in [3.63, 3.8) is 0 Å². The van der Waals surface area contributed by atoms with Crippen LogP contribution in [0.3, 0.4) is 0 Å². The Morgan fingerprint density at radius 1 is 1.37 bits per heavy atom. The first-order chi connectivity index (χ1) is 12.7. The van der Waals surface area contributed by atoms with E-state index in [4.69, 9.17) is 4.74 Å². The number of aromatic nitrogens is 2. The van der Waals surface area contributed by atoms with Gasteiger partial charge in [-0.25, -0.2) is 14.8 Å². The van der Waals surface area contributed by atoms with Gasteiger partial charge in [-0.3, -0.25) is 0 Å². The summed E-state index contributed by atoms with van der Waals surface area (Å²) in [5.41, 5.74) is -0.574. The van der Waals surface area contributed by atoms with Crippen molar-refractivity contribution in [3.05, 3.63) is 35.5 Å². The Kier molecular flexibility index (Phi) is 5.67. The number of nitrogens with zero attached hydrogens (tertiary/aromatic N) is 3. The Labute approximate surface area is 163 Å². The van der Waals surface area contributed by atoms with Gasteiger partial charge in [0.15, 0.2) is 5.13 Å². The average Bonchev–Trinajstić information content (AvgIpc) is 3.07. The van der Waals surface area contributed by atoms with Crippen molar-refractivity contribution in [3.8, 4) is 0 Å². The summed E-state index contributed by atoms with van der Waals surface area (Å²) < 4.78 is 5.41. The lowest BCUT2D eigenvalue weighted by Crippen LogP contribution is -2.49. The fourth-order valence-electron chi connectivity index (χ4n) is 2.99. The lowest BCUT2D eigenvalue weighted by atomic mass is 9.87. The molecule has 0 radical (unpaired) electrons. The second-order valence-electron chi connectivity index (χ2n) is 7.84. The van der Waals surface area contributed by atoms with Crippen LogP contribution in [0.5, 0.6) is 0 Å². The van der Waals surface area contributed by atoms with Gasteiger partial charge in [0, 0.05) is 36.8 Å². The number of hydrogen-bond acceptors (Lipinski definition) is 7. The van der Waals surface area contributed by atoms with Crippen LogP contribution in [-0.2, 0) is 11.2 Å². The highest BCUT2D eigenvalue weighted by atomic mass is 32.1. The van der Waals surface area contributed by atoms with E-state index < -0.39 is 11.2 Å². The van der Waals surface area contributed by atoms with Gasteiger partial charge in [-0.2, -0.15) is 0 Å². The van der Waals surface area contributed by atoms with Crippen molar-refractivity contribution in [2.75, 3.05) is 18.4 Å². The van der Waals surface area contributed by atoms with Crippen LogP contribution in [0.2, 0.25) is 0 Å². The Bertz CT molecular complexity index is 766. The molecule has 27 heavy (non-hydrogen) atoms. The fourth-order valence-corrected chi connectivity index (χ4v) is 3.52. The molecule has 1 aliphatic heterocycles. The highest BCUT2D eigenvalue weighted by Crippen LogP contribution is 2.27. The highest BCUT2D eigenvalue weighted by molar-refractivity contribution is 7.13. The van der Waals surface area contributed by atoms with Crippen molar-refractivity contribution < 1.29 is 14.6 Å². The molecule has 1 fully saturated rings. The second kappa shape index (κ2) is 7.82. The molecule has 2 aromatic rings. The number of ether oxygens (including phenoxy) is 1. The molecule has 2 aromatic heterocycles. The molecule has 7 nitrogen and oxygen atoms in total. The molecule has 8 heteroatoms. The monoisotopic (exact) mass is 390 g/mol. The van der Waals surface area contributed by atoms with Crippen LogP contribution in [0.1, 0.15) is 39.3 Å². The molecule has 0 atom stereocenters. The zero-order valence-electron chi connectivity index (χ0n) is 15.9. The molecule has 3 rings (SSSR count). The molecular formula is C19H26N4O3S. The van der Waals surface area contributed by atoms with Crippen molar-refractivity contribution in [1.29, 1.82) is 0 Å². The third kappa shape index (κ3) is 5.64. The van der Waals surface area contributed by atoms with Crippen molar-refractivity contribution >= 4 is 28.4 Å². The molecule has 0 saturated carbocycles.